The molecule has 0 aliphatic heterocycles. The van der Waals surface area contributed by atoms with Crippen molar-refractivity contribution in [3.05, 3.63) is 35.4 Å². The number of hydrogen-bond acceptors (Lipinski definition) is 3. The molecule has 3 N–H and O–H groups in total. The molecule has 1 saturated carbocycles. The van der Waals surface area contributed by atoms with Gasteiger partial charge in [0.25, 0.3) is 11.8 Å². The number of carboxylic acid groups (broad SMARTS) is 1. The van der Waals surface area contributed by atoms with E-state index in [1.165, 1.54) is 6.07 Å². The number of aliphatic carboxylic acids is 1. The van der Waals surface area contributed by atoms with Gasteiger partial charge in [0.1, 0.15) is 6.04 Å². The van der Waals surface area contributed by atoms with Gasteiger partial charge in [-0.25, -0.2) is 4.79 Å². The highest BCUT2D eigenvalue weighted by Crippen LogP contribution is 2.20. The van der Waals surface area contributed by atoms with Crippen LogP contribution in [-0.4, -0.2) is 35.0 Å². The second-order valence-corrected chi connectivity index (χ2v) is 5.83. The Hall–Kier alpha value is -2.37. The molecule has 0 radical (unpaired) electrons. The van der Waals surface area contributed by atoms with Crippen molar-refractivity contribution >= 4 is 17.8 Å². The first kappa shape index (κ1) is 16.0. The molecule has 22 heavy (non-hydrogen) atoms. The van der Waals surface area contributed by atoms with Crippen LogP contribution >= 0.6 is 0 Å². The van der Waals surface area contributed by atoms with E-state index in [0.717, 1.165) is 12.8 Å². The molecule has 1 aromatic rings. The van der Waals surface area contributed by atoms with Crippen molar-refractivity contribution < 1.29 is 19.5 Å². The number of benzene rings is 1. The van der Waals surface area contributed by atoms with Gasteiger partial charge in [-0.05, 0) is 30.9 Å². The molecular formula is C16H20N2O4. The number of rotatable bonds is 6. The first-order chi connectivity index (χ1) is 10.4. The Morgan fingerprint density at radius 2 is 1.64 bits per heavy atom. The zero-order valence-electron chi connectivity index (χ0n) is 12.6. The van der Waals surface area contributed by atoms with Crippen LogP contribution in [0.1, 0.15) is 47.4 Å². The van der Waals surface area contributed by atoms with E-state index in [1.807, 2.05) is 0 Å². The van der Waals surface area contributed by atoms with E-state index in [-0.39, 0.29) is 29.0 Å². The largest absolute Gasteiger partial charge is 0.480 e. The average molecular weight is 304 g/mol. The van der Waals surface area contributed by atoms with Crippen LogP contribution in [0.5, 0.6) is 0 Å². The highest BCUT2D eigenvalue weighted by molar-refractivity contribution is 6.08. The average Bonchev–Trinajstić information content (AvgIpc) is 3.27. The quantitative estimate of drug-likeness (QED) is 0.740. The molecule has 2 rings (SSSR count). The third-order valence-corrected chi connectivity index (χ3v) is 3.55. The summed E-state index contributed by atoms with van der Waals surface area (Å²) < 4.78 is 0. The van der Waals surface area contributed by atoms with Gasteiger partial charge >= 0.3 is 5.97 Å². The minimum absolute atomic E-state index is 0.186. The number of nitrogens with one attached hydrogen (secondary N) is 2. The lowest BCUT2D eigenvalue weighted by atomic mass is 10.0. The monoisotopic (exact) mass is 304 g/mol. The molecule has 6 heteroatoms. The van der Waals surface area contributed by atoms with Gasteiger partial charge in [-0.2, -0.15) is 0 Å². The Balaban J connectivity index is 2.18. The summed E-state index contributed by atoms with van der Waals surface area (Å²) in [6, 6.07) is 5.61. The molecule has 2 amide bonds. The SMILES string of the molecule is CC(C)C(NC(=O)c1ccccc1C(=O)NC1CC1)C(=O)O. The topological polar surface area (TPSA) is 95.5 Å². The van der Waals surface area contributed by atoms with Crippen LogP contribution in [0.15, 0.2) is 24.3 Å². The lowest BCUT2D eigenvalue weighted by molar-refractivity contribution is -0.140. The van der Waals surface area contributed by atoms with Crippen LogP contribution in [0, 0.1) is 5.92 Å². The van der Waals surface area contributed by atoms with E-state index in [0.29, 0.717) is 0 Å². The van der Waals surface area contributed by atoms with E-state index in [4.69, 9.17) is 5.11 Å². The Labute approximate surface area is 128 Å². The van der Waals surface area contributed by atoms with Crippen LogP contribution < -0.4 is 10.6 Å². The van der Waals surface area contributed by atoms with Gasteiger partial charge in [-0.3, -0.25) is 9.59 Å². The van der Waals surface area contributed by atoms with Crippen LogP contribution in [0.25, 0.3) is 0 Å². The Morgan fingerprint density at radius 1 is 1.09 bits per heavy atom. The van der Waals surface area contributed by atoms with Crippen molar-refractivity contribution in [3.8, 4) is 0 Å². The summed E-state index contributed by atoms with van der Waals surface area (Å²) in [6.45, 7) is 3.43. The molecule has 118 valence electrons. The molecule has 1 unspecified atom stereocenters. The lowest BCUT2D eigenvalue weighted by Gasteiger charge is -2.18. The molecule has 0 spiro atoms. The van der Waals surface area contributed by atoms with Gasteiger partial charge in [0.2, 0.25) is 0 Å². The molecule has 0 heterocycles. The maximum absolute atomic E-state index is 12.3. The second kappa shape index (κ2) is 6.60. The van der Waals surface area contributed by atoms with Gasteiger partial charge in [-0.1, -0.05) is 26.0 Å². The van der Waals surface area contributed by atoms with E-state index in [1.54, 1.807) is 32.0 Å². The van der Waals surface area contributed by atoms with Crippen molar-refractivity contribution in [1.82, 2.24) is 10.6 Å². The van der Waals surface area contributed by atoms with Crippen LogP contribution in [0.2, 0.25) is 0 Å². The summed E-state index contributed by atoms with van der Waals surface area (Å²) in [5.74, 6) is -2.20. The Bertz CT molecular complexity index is 594. The van der Waals surface area contributed by atoms with E-state index >= 15 is 0 Å². The zero-order valence-corrected chi connectivity index (χ0v) is 12.6. The summed E-state index contributed by atoms with van der Waals surface area (Å²) in [5, 5.41) is 14.5. The highest BCUT2D eigenvalue weighted by atomic mass is 16.4. The number of hydrogen-bond donors (Lipinski definition) is 3. The Morgan fingerprint density at radius 3 is 2.09 bits per heavy atom. The normalized spacial score (nSPS) is 15.2. The fourth-order valence-electron chi connectivity index (χ4n) is 2.10. The second-order valence-electron chi connectivity index (χ2n) is 5.83. The molecule has 1 aliphatic rings. The molecular weight excluding hydrogens is 284 g/mol. The maximum Gasteiger partial charge on any atom is 0.326 e. The fraction of sp³-hybridized carbons (Fsp3) is 0.438. The fourth-order valence-corrected chi connectivity index (χ4v) is 2.10. The number of carbonyl (C=O) groups is 3. The van der Waals surface area contributed by atoms with Crippen molar-refractivity contribution in [2.45, 2.75) is 38.8 Å². The number of carbonyl (C=O) groups excluding carboxylic acids is 2. The lowest BCUT2D eigenvalue weighted by Crippen LogP contribution is -2.44. The number of amides is 2. The van der Waals surface area contributed by atoms with Gasteiger partial charge in [0, 0.05) is 6.04 Å². The van der Waals surface area contributed by atoms with Crippen LogP contribution in [0.4, 0.5) is 0 Å². The summed E-state index contributed by atoms with van der Waals surface area (Å²) in [7, 11) is 0. The molecule has 1 atom stereocenters. The molecule has 0 saturated heterocycles. The van der Waals surface area contributed by atoms with Gasteiger partial charge in [0.15, 0.2) is 0 Å². The van der Waals surface area contributed by atoms with Gasteiger partial charge < -0.3 is 15.7 Å². The summed E-state index contributed by atoms with van der Waals surface area (Å²) in [4.78, 5) is 35.7. The summed E-state index contributed by atoms with van der Waals surface area (Å²) in [6.07, 6.45) is 1.91. The molecule has 1 fully saturated rings. The Kier molecular flexibility index (Phi) is 4.80. The maximum atomic E-state index is 12.3. The van der Waals surface area contributed by atoms with Crippen LogP contribution in [0.3, 0.4) is 0 Å². The van der Waals surface area contributed by atoms with Crippen molar-refractivity contribution in [3.63, 3.8) is 0 Å². The smallest absolute Gasteiger partial charge is 0.326 e. The zero-order chi connectivity index (χ0) is 16.3. The predicted molar refractivity (Wildman–Crippen MR) is 80.7 cm³/mol. The molecule has 1 aromatic carbocycles. The van der Waals surface area contributed by atoms with Gasteiger partial charge in [-0.15, -0.1) is 0 Å². The number of carboxylic acids is 1. The summed E-state index contributed by atoms with van der Waals surface area (Å²) >= 11 is 0. The minimum atomic E-state index is -1.09. The van der Waals surface area contributed by atoms with E-state index < -0.39 is 17.9 Å². The predicted octanol–water partition coefficient (Wildman–Crippen LogP) is 1.42. The third kappa shape index (κ3) is 3.84. The molecule has 0 bridgehead atoms. The van der Waals surface area contributed by atoms with Crippen LogP contribution in [-0.2, 0) is 4.79 Å². The first-order valence-electron chi connectivity index (χ1n) is 7.33. The highest BCUT2D eigenvalue weighted by Gasteiger charge is 2.28. The van der Waals surface area contributed by atoms with Crippen molar-refractivity contribution in [2.24, 2.45) is 5.92 Å². The molecule has 1 aliphatic carbocycles. The molecule has 6 nitrogen and oxygen atoms in total. The summed E-state index contributed by atoms with van der Waals surface area (Å²) in [5.41, 5.74) is 0.451. The molecule has 0 aromatic heterocycles. The van der Waals surface area contributed by atoms with Crippen molar-refractivity contribution in [1.29, 1.82) is 0 Å². The minimum Gasteiger partial charge on any atom is -0.480 e. The van der Waals surface area contributed by atoms with Crippen molar-refractivity contribution in [2.75, 3.05) is 0 Å². The first-order valence-corrected chi connectivity index (χ1v) is 7.33. The van der Waals surface area contributed by atoms with Gasteiger partial charge in [0.05, 0.1) is 11.1 Å². The van der Waals surface area contributed by atoms with E-state index in [2.05, 4.69) is 10.6 Å². The third-order valence-electron chi connectivity index (χ3n) is 3.55. The van der Waals surface area contributed by atoms with E-state index in [9.17, 15) is 14.4 Å². The standard InChI is InChI=1S/C16H20N2O4/c1-9(2)13(16(21)22)18-15(20)12-6-4-3-5-11(12)14(19)17-10-7-8-10/h3-6,9-10,13H,7-8H2,1-2H3,(H,17,19)(H,18,20)(H,21,22).